The molecule has 0 atom stereocenters. The first-order chi connectivity index (χ1) is 8.51. The summed E-state index contributed by atoms with van der Waals surface area (Å²) in [6, 6.07) is 3.38. The molecule has 0 aromatic heterocycles. The SMILES string of the molecule is COc1cc(C=C2NC(=S)NC2=O)cc(I)c1O. The smallest absolute Gasteiger partial charge is 0.273 e. The number of hydrogen-bond acceptors (Lipinski definition) is 4. The number of carbonyl (C=O) groups excluding carboxylic acids is 1. The van der Waals surface area contributed by atoms with Gasteiger partial charge in [0.05, 0.1) is 10.7 Å². The highest BCUT2D eigenvalue weighted by atomic mass is 127. The average molecular weight is 376 g/mol. The monoisotopic (exact) mass is 376 g/mol. The van der Waals surface area contributed by atoms with Gasteiger partial charge in [-0.3, -0.25) is 10.1 Å². The molecule has 3 N–H and O–H groups in total. The van der Waals surface area contributed by atoms with Crippen LogP contribution in [0.15, 0.2) is 17.8 Å². The van der Waals surface area contributed by atoms with Crippen LogP contribution in [0.4, 0.5) is 0 Å². The minimum Gasteiger partial charge on any atom is -0.504 e. The van der Waals surface area contributed by atoms with E-state index >= 15 is 0 Å². The van der Waals surface area contributed by atoms with Crippen LogP contribution in [0.25, 0.3) is 6.08 Å². The minimum absolute atomic E-state index is 0.0830. The summed E-state index contributed by atoms with van der Waals surface area (Å²) < 4.78 is 5.69. The van der Waals surface area contributed by atoms with E-state index in [2.05, 4.69) is 10.6 Å². The Hall–Kier alpha value is -1.35. The molecule has 2 rings (SSSR count). The van der Waals surface area contributed by atoms with E-state index in [1.807, 2.05) is 22.6 Å². The molecule has 0 unspecified atom stereocenters. The maximum atomic E-state index is 11.5. The van der Waals surface area contributed by atoms with Gasteiger partial charge in [-0.1, -0.05) is 0 Å². The molecule has 0 radical (unpaired) electrons. The van der Waals surface area contributed by atoms with Gasteiger partial charge in [-0.25, -0.2) is 0 Å². The number of aromatic hydroxyl groups is 1. The van der Waals surface area contributed by atoms with E-state index in [4.69, 9.17) is 17.0 Å². The van der Waals surface area contributed by atoms with Crippen molar-refractivity contribution >= 4 is 51.9 Å². The molecule has 5 nitrogen and oxygen atoms in total. The molecule has 1 aliphatic rings. The first kappa shape index (κ1) is 13.1. The van der Waals surface area contributed by atoms with Crippen LogP contribution < -0.4 is 15.4 Å². The van der Waals surface area contributed by atoms with Gasteiger partial charge in [-0.2, -0.15) is 0 Å². The Kier molecular flexibility index (Phi) is 3.71. The summed E-state index contributed by atoms with van der Waals surface area (Å²) in [6.45, 7) is 0. The van der Waals surface area contributed by atoms with Gasteiger partial charge in [0.15, 0.2) is 16.6 Å². The van der Waals surface area contributed by atoms with Gasteiger partial charge in [-0.05, 0) is 58.6 Å². The van der Waals surface area contributed by atoms with Crippen molar-refractivity contribution in [2.75, 3.05) is 7.11 Å². The molecule has 1 aromatic carbocycles. The first-order valence-corrected chi connectivity index (χ1v) is 6.40. The van der Waals surface area contributed by atoms with Gasteiger partial charge in [0.1, 0.15) is 5.70 Å². The van der Waals surface area contributed by atoms with Crippen molar-refractivity contribution in [3.63, 3.8) is 0 Å². The van der Waals surface area contributed by atoms with Crippen LogP contribution in [0.1, 0.15) is 5.56 Å². The number of hydrogen-bond donors (Lipinski definition) is 3. The fourth-order valence-electron chi connectivity index (χ4n) is 1.48. The zero-order chi connectivity index (χ0) is 13.3. The predicted molar refractivity (Wildman–Crippen MR) is 79.2 cm³/mol. The Bertz CT molecular complexity index is 572. The third-order valence-corrected chi connectivity index (χ3v) is 3.33. The summed E-state index contributed by atoms with van der Waals surface area (Å²) in [5, 5.41) is 15.2. The van der Waals surface area contributed by atoms with Gasteiger partial charge >= 0.3 is 0 Å². The van der Waals surface area contributed by atoms with E-state index in [1.165, 1.54) is 7.11 Å². The second-order valence-electron chi connectivity index (χ2n) is 3.52. The molecule has 1 heterocycles. The molecule has 18 heavy (non-hydrogen) atoms. The summed E-state index contributed by atoms with van der Waals surface area (Å²) in [5.41, 5.74) is 1.10. The third kappa shape index (κ3) is 2.56. The maximum Gasteiger partial charge on any atom is 0.273 e. The maximum absolute atomic E-state index is 11.5. The van der Waals surface area contributed by atoms with Crippen LogP contribution in [0.5, 0.6) is 11.5 Å². The summed E-state index contributed by atoms with van der Waals surface area (Å²) in [4.78, 5) is 11.5. The molecule has 1 amide bonds. The molecule has 0 spiro atoms. The van der Waals surface area contributed by atoms with Gasteiger partial charge in [0, 0.05) is 0 Å². The summed E-state index contributed by atoms with van der Waals surface area (Å²) in [5.74, 6) is 0.163. The number of phenols is 1. The number of methoxy groups -OCH3 is 1. The van der Waals surface area contributed by atoms with E-state index in [-0.39, 0.29) is 16.8 Å². The average Bonchev–Trinajstić information content (AvgIpc) is 2.62. The van der Waals surface area contributed by atoms with E-state index in [0.717, 1.165) is 5.56 Å². The molecule has 1 aliphatic heterocycles. The van der Waals surface area contributed by atoms with Crippen molar-refractivity contribution in [1.82, 2.24) is 10.6 Å². The molecule has 1 fully saturated rings. The summed E-state index contributed by atoms with van der Waals surface area (Å²) in [7, 11) is 1.47. The van der Waals surface area contributed by atoms with Crippen LogP contribution in [0, 0.1) is 3.57 Å². The number of carbonyl (C=O) groups is 1. The molecule has 1 saturated heterocycles. The molecule has 0 bridgehead atoms. The molecular weight excluding hydrogens is 367 g/mol. The lowest BCUT2D eigenvalue weighted by Gasteiger charge is -2.07. The van der Waals surface area contributed by atoms with Gasteiger partial charge in [-0.15, -0.1) is 0 Å². The molecule has 1 aromatic rings. The van der Waals surface area contributed by atoms with Crippen molar-refractivity contribution < 1.29 is 14.6 Å². The zero-order valence-electron chi connectivity index (χ0n) is 9.28. The quantitative estimate of drug-likeness (QED) is 0.413. The van der Waals surface area contributed by atoms with Crippen LogP contribution in [-0.2, 0) is 4.79 Å². The first-order valence-electron chi connectivity index (χ1n) is 4.92. The number of amides is 1. The Morgan fingerprint density at radius 3 is 2.72 bits per heavy atom. The molecular formula is C11H9IN2O3S. The predicted octanol–water partition coefficient (Wildman–Crippen LogP) is 1.35. The highest BCUT2D eigenvalue weighted by Gasteiger charge is 2.20. The van der Waals surface area contributed by atoms with Crippen molar-refractivity contribution in [2.45, 2.75) is 0 Å². The number of halogens is 1. The fourth-order valence-corrected chi connectivity index (χ4v) is 2.31. The highest BCUT2D eigenvalue weighted by molar-refractivity contribution is 14.1. The number of nitrogens with one attached hydrogen (secondary N) is 2. The Labute approximate surface area is 122 Å². The van der Waals surface area contributed by atoms with Crippen LogP contribution in [0.2, 0.25) is 0 Å². The van der Waals surface area contributed by atoms with E-state index in [9.17, 15) is 9.90 Å². The lowest BCUT2D eigenvalue weighted by molar-refractivity contribution is -0.115. The van der Waals surface area contributed by atoms with E-state index < -0.39 is 0 Å². The second-order valence-corrected chi connectivity index (χ2v) is 5.09. The van der Waals surface area contributed by atoms with Gasteiger partial charge in [0.25, 0.3) is 5.91 Å². The Balaban J connectivity index is 2.41. The van der Waals surface area contributed by atoms with Crippen molar-refractivity contribution in [3.8, 4) is 11.5 Å². The molecule has 7 heteroatoms. The summed E-state index contributed by atoms with van der Waals surface area (Å²) in [6.07, 6.45) is 1.64. The summed E-state index contributed by atoms with van der Waals surface area (Å²) >= 11 is 6.82. The van der Waals surface area contributed by atoms with Crippen LogP contribution >= 0.6 is 34.8 Å². The Morgan fingerprint density at radius 2 is 2.17 bits per heavy atom. The number of ether oxygens (including phenoxy) is 1. The zero-order valence-corrected chi connectivity index (χ0v) is 12.3. The van der Waals surface area contributed by atoms with Gasteiger partial charge in [0.2, 0.25) is 0 Å². The van der Waals surface area contributed by atoms with Crippen LogP contribution in [0.3, 0.4) is 0 Å². The lowest BCUT2D eigenvalue weighted by Crippen LogP contribution is -2.21. The standard InChI is InChI=1S/C11H9IN2O3S/c1-17-8-4-5(2-6(12)9(8)15)3-7-10(16)14-11(18)13-7/h2-4,15H,1H3,(H2,13,14,16,18). The van der Waals surface area contributed by atoms with Crippen molar-refractivity contribution in [2.24, 2.45) is 0 Å². The van der Waals surface area contributed by atoms with E-state index in [0.29, 0.717) is 15.0 Å². The third-order valence-electron chi connectivity index (χ3n) is 2.30. The van der Waals surface area contributed by atoms with Crippen LogP contribution in [-0.4, -0.2) is 23.2 Å². The Morgan fingerprint density at radius 1 is 1.44 bits per heavy atom. The largest absolute Gasteiger partial charge is 0.504 e. The fraction of sp³-hybridized carbons (Fsp3) is 0.0909. The van der Waals surface area contributed by atoms with E-state index in [1.54, 1.807) is 18.2 Å². The number of rotatable bonds is 2. The number of phenolic OH excluding ortho intramolecular Hbond substituents is 1. The lowest BCUT2D eigenvalue weighted by atomic mass is 10.1. The topological polar surface area (TPSA) is 70.6 Å². The molecule has 94 valence electrons. The van der Waals surface area contributed by atoms with Crippen molar-refractivity contribution in [3.05, 3.63) is 27.0 Å². The van der Waals surface area contributed by atoms with Gasteiger partial charge < -0.3 is 15.2 Å². The minimum atomic E-state index is -0.276. The number of benzene rings is 1. The molecule has 0 aliphatic carbocycles. The highest BCUT2D eigenvalue weighted by Crippen LogP contribution is 2.33. The number of thiocarbonyl (C=S) groups is 1. The van der Waals surface area contributed by atoms with Crippen molar-refractivity contribution in [1.29, 1.82) is 0 Å². The second kappa shape index (κ2) is 5.11. The normalized spacial score (nSPS) is 16.7. The molecule has 0 saturated carbocycles.